The Kier molecular flexibility index (Phi) is 5.24. The third-order valence-electron chi connectivity index (χ3n) is 7.85. The number of benzene rings is 6. The van der Waals surface area contributed by atoms with Gasteiger partial charge in [0.05, 0.1) is 5.69 Å². The molecule has 0 atom stereocenters. The van der Waals surface area contributed by atoms with Crippen molar-refractivity contribution in [3.63, 3.8) is 0 Å². The number of fused-ring (bicyclic) bond motifs is 4. The van der Waals surface area contributed by atoms with E-state index < -0.39 is 0 Å². The van der Waals surface area contributed by atoms with E-state index in [1.165, 1.54) is 16.5 Å². The maximum absolute atomic E-state index is 6.96. The molecule has 0 amide bonds. The van der Waals surface area contributed by atoms with E-state index >= 15 is 0 Å². The van der Waals surface area contributed by atoms with Crippen molar-refractivity contribution in [2.45, 2.75) is 0 Å². The zero-order chi connectivity index (χ0) is 26.5. The normalized spacial score (nSPS) is 12.6. The molecule has 2 heterocycles. The lowest BCUT2D eigenvalue weighted by Crippen LogP contribution is -2.56. The predicted octanol–water partition coefficient (Wildman–Crippen LogP) is 8.10. The highest BCUT2D eigenvalue weighted by molar-refractivity contribution is 6.85. The lowest BCUT2D eigenvalue weighted by atomic mass is 9.49. The monoisotopic (exact) mass is 512 g/mol. The van der Waals surface area contributed by atoms with Crippen LogP contribution < -0.4 is 25.4 Å². The largest absolute Gasteiger partial charge is 0.551 e. The molecule has 6 aromatic carbocycles. The van der Waals surface area contributed by atoms with E-state index in [1.54, 1.807) is 0 Å². The number of nitrogens with zero attached hydrogens (tertiary/aromatic N) is 2. The summed E-state index contributed by atoms with van der Waals surface area (Å²) >= 11 is 0. The Balaban J connectivity index is 1.40. The highest BCUT2D eigenvalue weighted by Crippen LogP contribution is 2.48. The molecule has 6 aromatic rings. The van der Waals surface area contributed by atoms with Crippen LogP contribution in [0.5, 0.6) is 5.75 Å². The van der Waals surface area contributed by atoms with Crippen LogP contribution in [0.25, 0.3) is 11.1 Å². The summed E-state index contributed by atoms with van der Waals surface area (Å²) in [5.74, 6) is 0.895. The Morgan fingerprint density at radius 3 is 1.85 bits per heavy atom. The van der Waals surface area contributed by atoms with Gasteiger partial charge in [0, 0.05) is 39.5 Å². The summed E-state index contributed by atoms with van der Waals surface area (Å²) in [6.07, 6.45) is 0. The molecule has 4 heteroatoms. The second-order valence-corrected chi connectivity index (χ2v) is 10.1. The molecule has 0 saturated carbocycles. The smallest absolute Gasteiger partial charge is 0.431 e. The van der Waals surface area contributed by atoms with Gasteiger partial charge in [0.1, 0.15) is 5.75 Å². The molecule has 2 aliphatic heterocycles. The first-order valence-corrected chi connectivity index (χ1v) is 13.7. The third kappa shape index (κ3) is 3.46. The molecule has 0 bridgehead atoms. The maximum atomic E-state index is 6.96. The van der Waals surface area contributed by atoms with Crippen molar-refractivity contribution in [2.75, 3.05) is 9.80 Å². The molecule has 0 saturated heterocycles. The van der Waals surface area contributed by atoms with Gasteiger partial charge >= 0.3 is 6.92 Å². The lowest BCUT2D eigenvalue weighted by molar-refractivity contribution is 0.590. The fourth-order valence-corrected chi connectivity index (χ4v) is 6.20. The van der Waals surface area contributed by atoms with Gasteiger partial charge in [-0.25, -0.2) is 0 Å². The number of para-hydroxylation sites is 4. The van der Waals surface area contributed by atoms with Gasteiger partial charge in [0.2, 0.25) is 0 Å². The molecule has 3 nitrogen and oxygen atoms in total. The van der Waals surface area contributed by atoms with Gasteiger partial charge in [0.25, 0.3) is 0 Å². The van der Waals surface area contributed by atoms with Crippen LogP contribution in [0.15, 0.2) is 152 Å². The summed E-state index contributed by atoms with van der Waals surface area (Å²) < 4.78 is 6.96. The van der Waals surface area contributed by atoms with Crippen LogP contribution in [-0.2, 0) is 0 Å². The third-order valence-corrected chi connectivity index (χ3v) is 7.85. The average Bonchev–Trinajstić information content (AvgIpc) is 3.03. The standard InChI is InChI=1S/C36H25BN2O/c1-4-14-26(15-5-1)38(27-16-6-2-7-17-27)32-23-13-25-34-35(32)29-20-12-24-33-36(29)37(40-34)30-21-10-11-22-31(30)39(33)28-18-8-3-9-19-28/h1-25H. The van der Waals surface area contributed by atoms with Gasteiger partial charge in [-0.3, -0.25) is 0 Å². The van der Waals surface area contributed by atoms with Crippen LogP contribution in [0.4, 0.5) is 34.1 Å². The van der Waals surface area contributed by atoms with E-state index in [1.807, 2.05) is 0 Å². The second kappa shape index (κ2) is 9.21. The Bertz CT molecular complexity index is 1800. The molecule has 2 aliphatic rings. The molecule has 0 fully saturated rings. The summed E-state index contributed by atoms with van der Waals surface area (Å²) in [6, 6.07) is 53.4. The number of rotatable bonds is 4. The molecular formula is C36H25BN2O. The summed E-state index contributed by atoms with van der Waals surface area (Å²) in [6.45, 7) is -0.188. The lowest BCUT2D eigenvalue weighted by Gasteiger charge is -2.40. The molecule has 40 heavy (non-hydrogen) atoms. The molecule has 0 aromatic heterocycles. The van der Waals surface area contributed by atoms with Gasteiger partial charge in [-0.05, 0) is 71.7 Å². The van der Waals surface area contributed by atoms with Gasteiger partial charge in [-0.15, -0.1) is 0 Å². The zero-order valence-corrected chi connectivity index (χ0v) is 21.8. The Labute approximate surface area is 234 Å². The van der Waals surface area contributed by atoms with E-state index in [4.69, 9.17) is 4.65 Å². The first kappa shape index (κ1) is 22.7. The van der Waals surface area contributed by atoms with Gasteiger partial charge in [0.15, 0.2) is 0 Å². The Morgan fingerprint density at radius 2 is 1.12 bits per heavy atom. The van der Waals surface area contributed by atoms with Gasteiger partial charge in [-0.1, -0.05) is 91.0 Å². The Hall–Kier alpha value is -5.22. The van der Waals surface area contributed by atoms with Crippen molar-refractivity contribution in [1.29, 1.82) is 0 Å². The Morgan fingerprint density at radius 1 is 0.525 bits per heavy atom. The first-order valence-electron chi connectivity index (χ1n) is 13.7. The van der Waals surface area contributed by atoms with Crippen LogP contribution in [0, 0.1) is 0 Å². The summed E-state index contributed by atoms with van der Waals surface area (Å²) in [7, 11) is 0. The fourth-order valence-electron chi connectivity index (χ4n) is 6.20. The van der Waals surface area contributed by atoms with Crippen molar-refractivity contribution in [3.05, 3.63) is 152 Å². The second-order valence-electron chi connectivity index (χ2n) is 10.1. The van der Waals surface area contributed by atoms with Crippen molar-refractivity contribution in [1.82, 2.24) is 0 Å². The van der Waals surface area contributed by atoms with Crippen LogP contribution in [0.2, 0.25) is 0 Å². The quantitative estimate of drug-likeness (QED) is 0.222. The number of hydrogen-bond donors (Lipinski definition) is 0. The van der Waals surface area contributed by atoms with E-state index in [0.717, 1.165) is 45.4 Å². The van der Waals surface area contributed by atoms with Crippen molar-refractivity contribution in [2.24, 2.45) is 0 Å². The zero-order valence-electron chi connectivity index (χ0n) is 21.8. The molecule has 0 radical (unpaired) electrons. The van der Waals surface area contributed by atoms with E-state index in [0.29, 0.717) is 0 Å². The van der Waals surface area contributed by atoms with Crippen LogP contribution in [0.1, 0.15) is 0 Å². The minimum Gasteiger partial charge on any atom is -0.551 e. The average molecular weight is 512 g/mol. The van der Waals surface area contributed by atoms with Crippen LogP contribution in [-0.4, -0.2) is 6.92 Å². The molecule has 0 spiro atoms. The minimum absolute atomic E-state index is 0.188. The molecule has 0 unspecified atom stereocenters. The van der Waals surface area contributed by atoms with Crippen LogP contribution >= 0.6 is 0 Å². The molecular weight excluding hydrogens is 487 g/mol. The molecule has 0 N–H and O–H groups in total. The fraction of sp³-hybridized carbons (Fsp3) is 0. The number of hydrogen-bond acceptors (Lipinski definition) is 3. The van der Waals surface area contributed by atoms with Crippen molar-refractivity contribution in [3.8, 4) is 16.9 Å². The molecule has 188 valence electrons. The van der Waals surface area contributed by atoms with E-state index in [9.17, 15) is 0 Å². The maximum Gasteiger partial charge on any atom is 0.431 e. The predicted molar refractivity (Wildman–Crippen MR) is 167 cm³/mol. The van der Waals surface area contributed by atoms with Gasteiger partial charge < -0.3 is 14.5 Å². The van der Waals surface area contributed by atoms with E-state index in [-0.39, 0.29) is 6.92 Å². The summed E-state index contributed by atoms with van der Waals surface area (Å²) in [4.78, 5) is 4.70. The number of anilines is 6. The van der Waals surface area contributed by atoms with Crippen molar-refractivity contribution < 1.29 is 4.65 Å². The molecule has 0 aliphatic carbocycles. The highest BCUT2D eigenvalue weighted by atomic mass is 16.4. The summed E-state index contributed by atoms with van der Waals surface area (Å²) in [5, 5.41) is 0. The van der Waals surface area contributed by atoms with Gasteiger partial charge in [-0.2, -0.15) is 0 Å². The first-order chi connectivity index (χ1) is 19.9. The summed E-state index contributed by atoms with van der Waals surface area (Å²) in [5.41, 5.74) is 11.4. The van der Waals surface area contributed by atoms with E-state index in [2.05, 4.69) is 161 Å². The van der Waals surface area contributed by atoms with Crippen molar-refractivity contribution >= 4 is 52.0 Å². The SMILES string of the molecule is c1ccc(N(c2ccccc2)c2cccc3c2-c2cccc4c2B(O3)c2ccccc2N4c2ccccc2)cc1. The highest BCUT2D eigenvalue weighted by Gasteiger charge is 2.43. The van der Waals surface area contributed by atoms with Crippen LogP contribution in [0.3, 0.4) is 0 Å². The molecule has 8 rings (SSSR count). The minimum atomic E-state index is -0.188. The topological polar surface area (TPSA) is 15.7 Å².